The summed E-state index contributed by atoms with van der Waals surface area (Å²) < 4.78 is 0. The van der Waals surface area contributed by atoms with Crippen LogP contribution in [-0.4, -0.2) is 23.5 Å². The second-order valence-corrected chi connectivity index (χ2v) is 5.29. The Morgan fingerprint density at radius 1 is 1.44 bits per heavy atom. The highest BCUT2D eigenvalue weighted by atomic mass is 35.5. The molecule has 1 aliphatic rings. The summed E-state index contributed by atoms with van der Waals surface area (Å²) in [5.41, 5.74) is 7.34. The van der Waals surface area contributed by atoms with Gasteiger partial charge in [0, 0.05) is 29.7 Å². The van der Waals surface area contributed by atoms with E-state index in [0.717, 1.165) is 18.0 Å². The summed E-state index contributed by atoms with van der Waals surface area (Å²) in [5, 5.41) is 0.807. The van der Waals surface area contributed by atoms with Crippen molar-refractivity contribution >= 4 is 11.6 Å². The van der Waals surface area contributed by atoms with Crippen LogP contribution in [0.5, 0.6) is 0 Å². The molecular formula is C13H19ClN2. The Morgan fingerprint density at radius 2 is 2.19 bits per heavy atom. The van der Waals surface area contributed by atoms with Gasteiger partial charge in [0.25, 0.3) is 0 Å². The molecule has 1 heterocycles. The van der Waals surface area contributed by atoms with Gasteiger partial charge in [-0.3, -0.25) is 4.90 Å². The Balaban J connectivity index is 2.25. The van der Waals surface area contributed by atoms with Crippen LogP contribution in [0.25, 0.3) is 0 Å². The normalized spacial score (nSPS) is 26.6. The van der Waals surface area contributed by atoms with E-state index in [1.165, 1.54) is 5.56 Å². The van der Waals surface area contributed by atoms with E-state index in [-0.39, 0.29) is 6.04 Å². The van der Waals surface area contributed by atoms with Gasteiger partial charge in [0.15, 0.2) is 0 Å². The molecule has 0 bridgehead atoms. The summed E-state index contributed by atoms with van der Waals surface area (Å²) in [4.78, 5) is 2.45. The van der Waals surface area contributed by atoms with Crippen LogP contribution in [0.3, 0.4) is 0 Å². The summed E-state index contributed by atoms with van der Waals surface area (Å²) in [6.45, 7) is 5.42. The van der Waals surface area contributed by atoms with E-state index in [1.54, 1.807) is 0 Å². The highest BCUT2D eigenvalue weighted by Crippen LogP contribution is 2.33. The number of nitrogens with zero attached hydrogens (tertiary/aromatic N) is 1. The molecule has 2 rings (SSSR count). The van der Waals surface area contributed by atoms with Crippen LogP contribution in [0.15, 0.2) is 24.3 Å². The lowest BCUT2D eigenvalue weighted by Gasteiger charge is -2.28. The molecule has 2 atom stereocenters. The minimum Gasteiger partial charge on any atom is -0.326 e. The number of rotatable bonds is 2. The quantitative estimate of drug-likeness (QED) is 0.859. The van der Waals surface area contributed by atoms with Gasteiger partial charge >= 0.3 is 0 Å². The maximum absolute atomic E-state index is 6.05. The third-order valence-electron chi connectivity index (χ3n) is 3.27. The van der Waals surface area contributed by atoms with Crippen molar-refractivity contribution in [2.75, 3.05) is 6.54 Å². The van der Waals surface area contributed by atoms with Crippen LogP contribution in [0.2, 0.25) is 5.02 Å². The number of nitrogens with two attached hydrogens (primary N) is 1. The van der Waals surface area contributed by atoms with E-state index >= 15 is 0 Å². The third kappa shape index (κ3) is 2.40. The van der Waals surface area contributed by atoms with Crippen LogP contribution >= 0.6 is 11.6 Å². The summed E-state index contributed by atoms with van der Waals surface area (Å²) in [5.74, 6) is 0. The summed E-state index contributed by atoms with van der Waals surface area (Å²) in [6, 6.07) is 9.36. The molecule has 16 heavy (non-hydrogen) atoms. The highest BCUT2D eigenvalue weighted by molar-refractivity contribution is 6.30. The summed E-state index contributed by atoms with van der Waals surface area (Å²) in [7, 11) is 0. The zero-order valence-corrected chi connectivity index (χ0v) is 10.6. The molecule has 2 N–H and O–H groups in total. The number of halogens is 1. The molecule has 3 heteroatoms. The Hall–Kier alpha value is -0.570. The Labute approximate surface area is 102 Å². The van der Waals surface area contributed by atoms with E-state index in [0.29, 0.717) is 12.1 Å². The van der Waals surface area contributed by atoms with Gasteiger partial charge in [-0.2, -0.15) is 0 Å². The van der Waals surface area contributed by atoms with E-state index in [4.69, 9.17) is 17.3 Å². The van der Waals surface area contributed by atoms with Gasteiger partial charge in [-0.1, -0.05) is 23.7 Å². The zero-order chi connectivity index (χ0) is 11.7. The maximum atomic E-state index is 6.05. The largest absolute Gasteiger partial charge is 0.326 e. The van der Waals surface area contributed by atoms with Crippen molar-refractivity contribution in [3.8, 4) is 0 Å². The standard InChI is InChI=1S/C13H19ClN2/c1-9(2)16-8-12(15)7-13(16)10-4-3-5-11(14)6-10/h3-6,9,12-13H,7-8,15H2,1-2H3. The molecule has 88 valence electrons. The molecular weight excluding hydrogens is 220 g/mol. The van der Waals surface area contributed by atoms with Crippen molar-refractivity contribution in [1.29, 1.82) is 0 Å². The molecule has 0 radical (unpaired) electrons. The van der Waals surface area contributed by atoms with Crippen molar-refractivity contribution in [3.63, 3.8) is 0 Å². The molecule has 0 aromatic heterocycles. The van der Waals surface area contributed by atoms with E-state index in [1.807, 2.05) is 12.1 Å². The number of hydrogen-bond donors (Lipinski definition) is 1. The van der Waals surface area contributed by atoms with Crippen molar-refractivity contribution < 1.29 is 0 Å². The lowest BCUT2D eigenvalue weighted by Crippen LogP contribution is -2.33. The van der Waals surface area contributed by atoms with E-state index < -0.39 is 0 Å². The fraction of sp³-hybridized carbons (Fsp3) is 0.538. The van der Waals surface area contributed by atoms with Gasteiger partial charge in [-0.05, 0) is 38.0 Å². The number of likely N-dealkylation sites (tertiary alicyclic amines) is 1. The topological polar surface area (TPSA) is 29.3 Å². The smallest absolute Gasteiger partial charge is 0.0409 e. The monoisotopic (exact) mass is 238 g/mol. The fourth-order valence-corrected chi connectivity index (χ4v) is 2.71. The first kappa shape index (κ1) is 11.9. The lowest BCUT2D eigenvalue weighted by molar-refractivity contribution is 0.204. The number of benzene rings is 1. The average molecular weight is 239 g/mol. The third-order valence-corrected chi connectivity index (χ3v) is 3.50. The maximum Gasteiger partial charge on any atom is 0.0409 e. The van der Waals surface area contributed by atoms with Crippen molar-refractivity contribution in [3.05, 3.63) is 34.9 Å². The molecule has 0 spiro atoms. The summed E-state index contributed by atoms with van der Waals surface area (Å²) >= 11 is 6.04. The van der Waals surface area contributed by atoms with Crippen LogP contribution in [-0.2, 0) is 0 Å². The van der Waals surface area contributed by atoms with Crippen LogP contribution in [0, 0.1) is 0 Å². The van der Waals surface area contributed by atoms with Crippen LogP contribution in [0.1, 0.15) is 31.9 Å². The van der Waals surface area contributed by atoms with E-state index in [9.17, 15) is 0 Å². The molecule has 0 saturated carbocycles. The first-order valence-corrected chi connectivity index (χ1v) is 6.22. The molecule has 0 amide bonds. The first-order chi connectivity index (χ1) is 7.58. The minimum atomic E-state index is 0.284. The Kier molecular flexibility index (Phi) is 3.53. The molecule has 1 aromatic rings. The molecule has 1 aliphatic heterocycles. The zero-order valence-electron chi connectivity index (χ0n) is 9.86. The van der Waals surface area contributed by atoms with Crippen LogP contribution in [0.4, 0.5) is 0 Å². The van der Waals surface area contributed by atoms with E-state index in [2.05, 4.69) is 30.9 Å². The number of hydrogen-bond acceptors (Lipinski definition) is 2. The Morgan fingerprint density at radius 3 is 2.81 bits per heavy atom. The van der Waals surface area contributed by atoms with Crippen LogP contribution < -0.4 is 5.73 Å². The van der Waals surface area contributed by atoms with Gasteiger partial charge in [-0.15, -0.1) is 0 Å². The second kappa shape index (κ2) is 4.74. The molecule has 1 saturated heterocycles. The molecule has 0 aliphatic carbocycles. The lowest BCUT2D eigenvalue weighted by atomic mass is 10.0. The second-order valence-electron chi connectivity index (χ2n) is 4.86. The molecule has 1 aromatic carbocycles. The SMILES string of the molecule is CC(C)N1CC(N)CC1c1cccc(Cl)c1. The van der Waals surface area contributed by atoms with Gasteiger partial charge in [0.05, 0.1) is 0 Å². The van der Waals surface area contributed by atoms with Crippen molar-refractivity contribution in [1.82, 2.24) is 4.90 Å². The highest BCUT2D eigenvalue weighted by Gasteiger charge is 2.32. The first-order valence-electron chi connectivity index (χ1n) is 5.84. The van der Waals surface area contributed by atoms with Gasteiger partial charge in [0.1, 0.15) is 0 Å². The average Bonchev–Trinajstić information content (AvgIpc) is 2.60. The van der Waals surface area contributed by atoms with Gasteiger partial charge in [0.2, 0.25) is 0 Å². The van der Waals surface area contributed by atoms with Gasteiger partial charge in [-0.25, -0.2) is 0 Å². The molecule has 1 fully saturated rings. The summed E-state index contributed by atoms with van der Waals surface area (Å²) in [6.07, 6.45) is 1.03. The van der Waals surface area contributed by atoms with Crippen molar-refractivity contribution in [2.24, 2.45) is 5.73 Å². The Bertz CT molecular complexity index is 365. The van der Waals surface area contributed by atoms with Crippen molar-refractivity contribution in [2.45, 2.75) is 38.4 Å². The van der Waals surface area contributed by atoms with Gasteiger partial charge < -0.3 is 5.73 Å². The predicted molar refractivity (Wildman–Crippen MR) is 68.6 cm³/mol. The molecule has 2 nitrogen and oxygen atoms in total. The predicted octanol–water partition coefficient (Wildman–Crippen LogP) is 2.82. The molecule has 2 unspecified atom stereocenters. The minimum absolute atomic E-state index is 0.284. The fourth-order valence-electron chi connectivity index (χ4n) is 2.51.